The van der Waals surface area contributed by atoms with Gasteiger partial charge >= 0.3 is 0 Å². The van der Waals surface area contributed by atoms with Gasteiger partial charge in [-0.2, -0.15) is 0 Å². The lowest BCUT2D eigenvalue weighted by Gasteiger charge is -2.26. The van der Waals surface area contributed by atoms with Gasteiger partial charge in [0.15, 0.2) is 0 Å². The van der Waals surface area contributed by atoms with Crippen molar-refractivity contribution in [1.82, 2.24) is 5.32 Å². The van der Waals surface area contributed by atoms with Crippen LogP contribution in [0, 0.1) is 5.82 Å². The first-order valence-corrected chi connectivity index (χ1v) is 6.55. The van der Waals surface area contributed by atoms with Gasteiger partial charge in [0.05, 0.1) is 12.1 Å². The van der Waals surface area contributed by atoms with Gasteiger partial charge in [-0.3, -0.25) is 4.79 Å². The zero-order valence-electron chi connectivity index (χ0n) is 9.98. The average molecular weight is 291 g/mol. The molecule has 0 saturated carbocycles. The second kappa shape index (κ2) is 6.41. The van der Waals surface area contributed by atoms with Crippen molar-refractivity contribution in [2.24, 2.45) is 5.73 Å². The third-order valence-corrected chi connectivity index (χ3v) is 3.92. The smallest absolute Gasteiger partial charge is 0.237 e. The first kappa shape index (κ1) is 15.3. The third-order valence-electron chi connectivity index (χ3n) is 2.76. The number of hydrogen-bond donors (Lipinski definition) is 2. The second-order valence-electron chi connectivity index (χ2n) is 4.15. The van der Waals surface area contributed by atoms with E-state index in [1.807, 2.05) is 6.07 Å². The molecule has 0 radical (unpaired) electrons. The van der Waals surface area contributed by atoms with Crippen molar-refractivity contribution in [2.45, 2.75) is 30.3 Å². The highest BCUT2D eigenvalue weighted by molar-refractivity contribution is 7.99. The molecule has 1 aromatic rings. The molecule has 18 heavy (non-hydrogen) atoms. The summed E-state index contributed by atoms with van der Waals surface area (Å²) >= 11 is 1.50. The minimum Gasteiger partial charge on any atom is -0.348 e. The molecule has 1 unspecified atom stereocenters. The molecule has 1 aliphatic rings. The molecule has 6 heteroatoms. The Morgan fingerprint density at radius 1 is 1.61 bits per heavy atom. The Labute approximate surface area is 116 Å². The molecule has 0 spiro atoms. The number of thioether (sulfide) groups is 1. The summed E-state index contributed by atoms with van der Waals surface area (Å²) in [5, 5.41) is 2.86. The van der Waals surface area contributed by atoms with Crippen molar-refractivity contribution in [3.8, 4) is 0 Å². The highest BCUT2D eigenvalue weighted by Crippen LogP contribution is 2.37. The number of carbonyl (C=O) groups is 1. The van der Waals surface area contributed by atoms with Gasteiger partial charge in [-0.1, -0.05) is 12.1 Å². The predicted octanol–water partition coefficient (Wildman–Crippen LogP) is 2.25. The molecule has 100 valence electrons. The number of fused-ring (bicyclic) bond motifs is 1. The van der Waals surface area contributed by atoms with Gasteiger partial charge in [-0.05, 0) is 25.0 Å². The molecule has 0 bridgehead atoms. The number of amides is 1. The van der Waals surface area contributed by atoms with Crippen LogP contribution in [-0.2, 0) is 4.79 Å². The molecule has 1 amide bonds. The van der Waals surface area contributed by atoms with Crippen LogP contribution in [0.2, 0.25) is 0 Å². The van der Waals surface area contributed by atoms with E-state index in [0.29, 0.717) is 4.90 Å². The van der Waals surface area contributed by atoms with E-state index in [2.05, 4.69) is 5.32 Å². The van der Waals surface area contributed by atoms with Crippen LogP contribution in [0.5, 0.6) is 0 Å². The first-order valence-electron chi connectivity index (χ1n) is 5.56. The molecule has 1 aromatic carbocycles. The number of nitrogens with two attached hydrogens (primary N) is 1. The summed E-state index contributed by atoms with van der Waals surface area (Å²) in [6.07, 6.45) is 0.805. The molecule has 3 N–H and O–H groups in total. The van der Waals surface area contributed by atoms with E-state index >= 15 is 0 Å². The number of benzene rings is 1. The van der Waals surface area contributed by atoms with Crippen LogP contribution in [0.1, 0.15) is 24.9 Å². The van der Waals surface area contributed by atoms with Gasteiger partial charge in [0.2, 0.25) is 5.91 Å². The minimum atomic E-state index is -0.540. The van der Waals surface area contributed by atoms with Crippen molar-refractivity contribution < 1.29 is 9.18 Å². The largest absolute Gasteiger partial charge is 0.348 e. The fourth-order valence-electron chi connectivity index (χ4n) is 1.84. The van der Waals surface area contributed by atoms with E-state index in [4.69, 9.17) is 5.73 Å². The zero-order valence-corrected chi connectivity index (χ0v) is 11.6. The fraction of sp³-hybridized carbons (Fsp3) is 0.417. The lowest BCUT2D eigenvalue weighted by atomic mass is 10.0. The zero-order chi connectivity index (χ0) is 12.4. The molecule has 2 atom stereocenters. The summed E-state index contributed by atoms with van der Waals surface area (Å²) in [6.45, 7) is 1.64. The third kappa shape index (κ3) is 3.16. The number of nitrogens with one attached hydrogen (secondary N) is 1. The van der Waals surface area contributed by atoms with Gasteiger partial charge in [-0.15, -0.1) is 24.2 Å². The van der Waals surface area contributed by atoms with Crippen LogP contribution >= 0.6 is 24.2 Å². The molecule has 0 aliphatic carbocycles. The van der Waals surface area contributed by atoms with E-state index in [0.717, 1.165) is 17.7 Å². The maximum Gasteiger partial charge on any atom is 0.237 e. The van der Waals surface area contributed by atoms with E-state index in [-0.39, 0.29) is 30.2 Å². The molecule has 3 nitrogen and oxygen atoms in total. The highest BCUT2D eigenvalue weighted by atomic mass is 35.5. The van der Waals surface area contributed by atoms with Crippen LogP contribution in [0.15, 0.2) is 23.1 Å². The summed E-state index contributed by atoms with van der Waals surface area (Å²) in [5.41, 5.74) is 6.37. The van der Waals surface area contributed by atoms with Crippen LogP contribution < -0.4 is 11.1 Å². The predicted molar refractivity (Wildman–Crippen MR) is 73.5 cm³/mol. The van der Waals surface area contributed by atoms with Crippen molar-refractivity contribution in [1.29, 1.82) is 0 Å². The van der Waals surface area contributed by atoms with E-state index in [1.54, 1.807) is 13.0 Å². The molecule has 0 saturated heterocycles. The topological polar surface area (TPSA) is 55.1 Å². The lowest BCUT2D eigenvalue weighted by molar-refractivity contribution is -0.122. The lowest BCUT2D eigenvalue weighted by Crippen LogP contribution is -2.41. The summed E-state index contributed by atoms with van der Waals surface area (Å²) in [6, 6.07) is 4.31. The molecular weight excluding hydrogens is 275 g/mol. The summed E-state index contributed by atoms with van der Waals surface area (Å²) < 4.78 is 13.6. The Morgan fingerprint density at radius 2 is 2.33 bits per heavy atom. The number of carbonyl (C=O) groups excluding carboxylic acids is 1. The monoisotopic (exact) mass is 290 g/mol. The summed E-state index contributed by atoms with van der Waals surface area (Å²) in [7, 11) is 0. The van der Waals surface area contributed by atoms with Crippen molar-refractivity contribution in [2.75, 3.05) is 5.75 Å². The quantitative estimate of drug-likeness (QED) is 0.878. The SMILES string of the molecule is C[C@H](N)C(=O)NC1CCSc2c(F)cccc21.Cl. The Balaban J connectivity index is 0.00000162. The number of hydrogen-bond acceptors (Lipinski definition) is 3. The Kier molecular flexibility index (Phi) is 5.44. The van der Waals surface area contributed by atoms with Gasteiger partial charge in [-0.25, -0.2) is 4.39 Å². The maximum atomic E-state index is 13.6. The van der Waals surface area contributed by atoms with Crippen LogP contribution in [0.3, 0.4) is 0 Å². The molecule has 0 aromatic heterocycles. The average Bonchev–Trinajstić information content (AvgIpc) is 2.30. The highest BCUT2D eigenvalue weighted by Gasteiger charge is 2.25. The van der Waals surface area contributed by atoms with Crippen molar-refractivity contribution in [3.05, 3.63) is 29.6 Å². The molecule has 1 aliphatic heterocycles. The molecular formula is C12H16ClFN2OS. The molecule has 0 fully saturated rings. The van der Waals surface area contributed by atoms with E-state index < -0.39 is 6.04 Å². The number of halogens is 2. The second-order valence-corrected chi connectivity index (χ2v) is 5.25. The maximum absolute atomic E-state index is 13.6. The Hall–Kier alpha value is -0.780. The van der Waals surface area contributed by atoms with Gasteiger partial charge < -0.3 is 11.1 Å². The molecule has 1 heterocycles. The van der Waals surface area contributed by atoms with Crippen molar-refractivity contribution in [3.63, 3.8) is 0 Å². The van der Waals surface area contributed by atoms with E-state index in [1.165, 1.54) is 17.8 Å². The van der Waals surface area contributed by atoms with Crippen LogP contribution in [0.4, 0.5) is 4.39 Å². The Morgan fingerprint density at radius 3 is 3.00 bits per heavy atom. The van der Waals surface area contributed by atoms with Gasteiger partial charge in [0, 0.05) is 10.6 Å². The van der Waals surface area contributed by atoms with Gasteiger partial charge in [0.25, 0.3) is 0 Å². The summed E-state index contributed by atoms with van der Waals surface area (Å²) in [5.74, 6) is 0.391. The Bertz CT molecular complexity index is 442. The van der Waals surface area contributed by atoms with E-state index in [9.17, 15) is 9.18 Å². The normalized spacial score (nSPS) is 19.4. The van der Waals surface area contributed by atoms with Crippen molar-refractivity contribution >= 4 is 30.1 Å². The van der Waals surface area contributed by atoms with Crippen LogP contribution in [-0.4, -0.2) is 17.7 Å². The molecule has 2 rings (SSSR count). The summed E-state index contributed by atoms with van der Waals surface area (Å²) in [4.78, 5) is 12.2. The fourth-order valence-corrected chi connectivity index (χ4v) is 2.98. The first-order chi connectivity index (χ1) is 8.09. The number of rotatable bonds is 2. The standard InChI is InChI=1S/C12H15FN2OS.ClH/c1-7(14)12(16)15-10-5-6-17-11-8(10)3-2-4-9(11)13;/h2-4,7,10H,5-6,14H2,1H3,(H,15,16);1H/t7-,10?;/m0./s1. The van der Waals surface area contributed by atoms with Crippen LogP contribution in [0.25, 0.3) is 0 Å². The minimum absolute atomic E-state index is 0. The van der Waals surface area contributed by atoms with Gasteiger partial charge in [0.1, 0.15) is 5.82 Å².